The Morgan fingerprint density at radius 1 is 1.59 bits per heavy atom. The molecule has 0 aliphatic rings. The molecule has 1 heterocycles. The number of rotatable bonds is 3. The number of halogens is 3. The standard InChI is InChI=1S/C9H5F3N2O3/c10-9(11,12)17-7-1-5(2-8(15)16)6(3-13)4-14-7/h1,4H,2H2,(H,15,16). The van der Waals surface area contributed by atoms with Crippen molar-refractivity contribution < 1.29 is 27.8 Å². The van der Waals surface area contributed by atoms with Crippen molar-refractivity contribution in [1.29, 1.82) is 5.26 Å². The summed E-state index contributed by atoms with van der Waals surface area (Å²) >= 11 is 0. The molecule has 0 unspecified atom stereocenters. The van der Waals surface area contributed by atoms with Crippen LogP contribution in [0.1, 0.15) is 11.1 Å². The molecule has 8 heteroatoms. The quantitative estimate of drug-likeness (QED) is 0.873. The van der Waals surface area contributed by atoms with Gasteiger partial charge in [-0.05, 0) is 5.56 Å². The maximum absolute atomic E-state index is 11.9. The largest absolute Gasteiger partial charge is 0.574 e. The van der Waals surface area contributed by atoms with Gasteiger partial charge in [-0.3, -0.25) is 4.79 Å². The minimum absolute atomic E-state index is 0.0887. The summed E-state index contributed by atoms with van der Waals surface area (Å²) < 4.78 is 39.1. The van der Waals surface area contributed by atoms with Gasteiger partial charge in [0.05, 0.1) is 12.0 Å². The Balaban J connectivity index is 3.05. The minimum Gasteiger partial charge on any atom is -0.481 e. The highest BCUT2D eigenvalue weighted by molar-refractivity contribution is 5.71. The third-order valence-corrected chi connectivity index (χ3v) is 1.65. The Hall–Kier alpha value is -2.30. The van der Waals surface area contributed by atoms with Crippen molar-refractivity contribution in [2.75, 3.05) is 0 Å². The van der Waals surface area contributed by atoms with E-state index in [9.17, 15) is 18.0 Å². The maximum Gasteiger partial charge on any atom is 0.574 e. The van der Waals surface area contributed by atoms with Gasteiger partial charge in [-0.2, -0.15) is 5.26 Å². The van der Waals surface area contributed by atoms with Crippen LogP contribution in [0.2, 0.25) is 0 Å². The summed E-state index contributed by atoms with van der Waals surface area (Å²) in [6.45, 7) is 0. The molecule has 90 valence electrons. The summed E-state index contributed by atoms with van der Waals surface area (Å²) in [5.74, 6) is -2.07. The Morgan fingerprint density at radius 2 is 2.24 bits per heavy atom. The molecule has 17 heavy (non-hydrogen) atoms. The van der Waals surface area contributed by atoms with Crippen LogP contribution in [0.15, 0.2) is 12.3 Å². The first kappa shape index (κ1) is 12.8. The smallest absolute Gasteiger partial charge is 0.481 e. The molecule has 1 N–H and O–H groups in total. The third kappa shape index (κ3) is 3.98. The first-order chi connectivity index (χ1) is 7.81. The first-order valence-electron chi connectivity index (χ1n) is 4.18. The van der Waals surface area contributed by atoms with Crippen molar-refractivity contribution >= 4 is 5.97 Å². The second-order valence-corrected chi connectivity index (χ2v) is 2.91. The topological polar surface area (TPSA) is 83.2 Å². The Bertz CT molecular complexity index is 479. The van der Waals surface area contributed by atoms with E-state index in [2.05, 4.69) is 9.72 Å². The highest BCUT2D eigenvalue weighted by Crippen LogP contribution is 2.22. The summed E-state index contributed by atoms with van der Waals surface area (Å²) in [5, 5.41) is 17.1. The number of hydrogen-bond acceptors (Lipinski definition) is 4. The summed E-state index contributed by atoms with van der Waals surface area (Å²) in [7, 11) is 0. The normalized spacial score (nSPS) is 10.7. The SMILES string of the molecule is N#Cc1cnc(OC(F)(F)F)cc1CC(=O)O. The molecule has 0 atom stereocenters. The van der Waals surface area contributed by atoms with Crippen molar-refractivity contribution in [2.24, 2.45) is 0 Å². The van der Waals surface area contributed by atoms with Gasteiger partial charge in [0.15, 0.2) is 0 Å². The highest BCUT2D eigenvalue weighted by atomic mass is 19.4. The number of carboxylic acid groups (broad SMARTS) is 1. The Labute approximate surface area is 93.1 Å². The van der Waals surface area contributed by atoms with Crippen molar-refractivity contribution in [3.05, 3.63) is 23.4 Å². The zero-order chi connectivity index (χ0) is 13.1. The molecule has 5 nitrogen and oxygen atoms in total. The van der Waals surface area contributed by atoms with Crippen LogP contribution in [0.3, 0.4) is 0 Å². The predicted molar refractivity (Wildman–Crippen MR) is 47.0 cm³/mol. The highest BCUT2D eigenvalue weighted by Gasteiger charge is 2.32. The number of carbonyl (C=O) groups is 1. The molecule has 0 radical (unpaired) electrons. The van der Waals surface area contributed by atoms with E-state index in [0.29, 0.717) is 0 Å². The zero-order valence-corrected chi connectivity index (χ0v) is 8.15. The van der Waals surface area contributed by atoms with E-state index in [1.807, 2.05) is 0 Å². The second-order valence-electron chi connectivity index (χ2n) is 2.91. The van der Waals surface area contributed by atoms with Gasteiger partial charge in [0.1, 0.15) is 6.07 Å². The lowest BCUT2D eigenvalue weighted by Gasteiger charge is -2.09. The minimum atomic E-state index is -4.92. The van der Waals surface area contributed by atoms with E-state index in [4.69, 9.17) is 10.4 Å². The van der Waals surface area contributed by atoms with Crippen molar-refractivity contribution in [2.45, 2.75) is 12.8 Å². The van der Waals surface area contributed by atoms with Crippen LogP contribution >= 0.6 is 0 Å². The molecule has 0 saturated heterocycles. The van der Waals surface area contributed by atoms with Crippen LogP contribution in [0.25, 0.3) is 0 Å². The molecule has 0 aliphatic carbocycles. The lowest BCUT2D eigenvalue weighted by atomic mass is 10.1. The molecule has 1 rings (SSSR count). The fourth-order valence-electron chi connectivity index (χ4n) is 1.06. The summed E-state index contributed by atoms with van der Waals surface area (Å²) in [6.07, 6.45) is -4.67. The number of hydrogen-bond donors (Lipinski definition) is 1. The molecular formula is C9H5F3N2O3. The molecule has 0 spiro atoms. The van der Waals surface area contributed by atoms with Gasteiger partial charge in [-0.1, -0.05) is 0 Å². The van der Waals surface area contributed by atoms with Crippen LogP contribution < -0.4 is 4.74 Å². The van der Waals surface area contributed by atoms with Gasteiger partial charge >= 0.3 is 12.3 Å². The van der Waals surface area contributed by atoms with E-state index in [1.54, 1.807) is 6.07 Å². The maximum atomic E-state index is 11.9. The van der Waals surface area contributed by atoms with Crippen molar-refractivity contribution in [1.82, 2.24) is 4.98 Å². The van der Waals surface area contributed by atoms with Gasteiger partial charge in [0, 0.05) is 12.3 Å². The van der Waals surface area contributed by atoms with Crippen LogP contribution in [0.4, 0.5) is 13.2 Å². The molecule has 0 aliphatic heterocycles. The lowest BCUT2D eigenvalue weighted by Crippen LogP contribution is -2.18. The number of nitrogens with zero attached hydrogens (tertiary/aromatic N) is 2. The van der Waals surface area contributed by atoms with E-state index in [-0.39, 0.29) is 11.1 Å². The number of pyridine rings is 1. The molecular weight excluding hydrogens is 241 g/mol. The zero-order valence-electron chi connectivity index (χ0n) is 8.15. The molecule has 1 aromatic heterocycles. The number of ether oxygens (including phenoxy) is 1. The van der Waals surface area contributed by atoms with Crippen LogP contribution in [-0.4, -0.2) is 22.4 Å². The number of aromatic nitrogens is 1. The average molecular weight is 246 g/mol. The van der Waals surface area contributed by atoms with Gasteiger partial charge in [-0.25, -0.2) is 4.98 Å². The van der Waals surface area contributed by atoms with E-state index < -0.39 is 24.6 Å². The van der Waals surface area contributed by atoms with E-state index in [1.165, 1.54) is 0 Å². The van der Waals surface area contributed by atoms with Gasteiger partial charge < -0.3 is 9.84 Å². The van der Waals surface area contributed by atoms with Crippen molar-refractivity contribution in [3.63, 3.8) is 0 Å². The molecule has 0 aromatic carbocycles. The van der Waals surface area contributed by atoms with E-state index >= 15 is 0 Å². The molecule has 0 bridgehead atoms. The lowest BCUT2D eigenvalue weighted by molar-refractivity contribution is -0.276. The van der Waals surface area contributed by atoms with Gasteiger partial charge in [0.25, 0.3) is 0 Å². The number of aliphatic carboxylic acids is 1. The summed E-state index contributed by atoms with van der Waals surface area (Å²) in [4.78, 5) is 13.7. The molecule has 0 amide bonds. The summed E-state index contributed by atoms with van der Waals surface area (Å²) in [6, 6.07) is 2.41. The number of carboxylic acids is 1. The van der Waals surface area contributed by atoms with Crippen molar-refractivity contribution in [3.8, 4) is 11.9 Å². The Morgan fingerprint density at radius 3 is 2.71 bits per heavy atom. The van der Waals surface area contributed by atoms with Crippen LogP contribution in [0.5, 0.6) is 5.88 Å². The molecule has 0 fully saturated rings. The first-order valence-corrected chi connectivity index (χ1v) is 4.18. The van der Waals surface area contributed by atoms with Gasteiger partial charge in [0.2, 0.25) is 5.88 Å². The number of alkyl halides is 3. The number of nitriles is 1. The fraction of sp³-hybridized carbons (Fsp3) is 0.222. The summed E-state index contributed by atoms with van der Waals surface area (Å²) in [5.41, 5.74) is -0.198. The average Bonchev–Trinajstić information content (AvgIpc) is 2.14. The molecule has 0 saturated carbocycles. The predicted octanol–water partition coefficient (Wildman–Crippen LogP) is 1.48. The van der Waals surface area contributed by atoms with Crippen LogP contribution in [-0.2, 0) is 11.2 Å². The Kier molecular flexibility index (Phi) is 3.52. The van der Waals surface area contributed by atoms with Gasteiger partial charge in [-0.15, -0.1) is 13.2 Å². The monoisotopic (exact) mass is 246 g/mol. The van der Waals surface area contributed by atoms with Crippen LogP contribution in [0, 0.1) is 11.3 Å². The molecule has 1 aromatic rings. The fourth-order valence-corrected chi connectivity index (χ4v) is 1.06. The second kappa shape index (κ2) is 4.69. The third-order valence-electron chi connectivity index (χ3n) is 1.65. The van der Waals surface area contributed by atoms with E-state index in [0.717, 1.165) is 12.3 Å².